The van der Waals surface area contributed by atoms with Crippen LogP contribution in [0.1, 0.15) is 45.4 Å². The van der Waals surface area contributed by atoms with E-state index in [1.165, 1.54) is 19.3 Å². The van der Waals surface area contributed by atoms with E-state index in [4.69, 9.17) is 0 Å². The molecular weight excluding hydrogens is 254 g/mol. The van der Waals surface area contributed by atoms with Gasteiger partial charge in [0.2, 0.25) is 5.91 Å². The Morgan fingerprint density at radius 3 is 2.60 bits per heavy atom. The maximum atomic E-state index is 12.4. The highest BCUT2D eigenvalue weighted by Gasteiger charge is 2.39. The van der Waals surface area contributed by atoms with Crippen LogP contribution in [0.5, 0.6) is 0 Å². The summed E-state index contributed by atoms with van der Waals surface area (Å²) >= 11 is 3.63. The van der Waals surface area contributed by atoms with Crippen molar-refractivity contribution in [1.82, 2.24) is 4.90 Å². The number of carbonyl (C=O) groups excluding carboxylic acids is 1. The van der Waals surface area contributed by atoms with E-state index in [0.29, 0.717) is 10.7 Å². The Kier molecular flexibility index (Phi) is 3.39. The Morgan fingerprint density at radius 1 is 1.33 bits per heavy atom. The van der Waals surface area contributed by atoms with Crippen LogP contribution in [-0.2, 0) is 4.79 Å². The topological polar surface area (TPSA) is 20.3 Å². The minimum absolute atomic E-state index is 0.0376. The molecule has 1 saturated carbocycles. The van der Waals surface area contributed by atoms with Crippen molar-refractivity contribution >= 4 is 21.8 Å². The van der Waals surface area contributed by atoms with Crippen LogP contribution in [0.4, 0.5) is 0 Å². The highest BCUT2D eigenvalue weighted by molar-refractivity contribution is 9.09. The van der Waals surface area contributed by atoms with E-state index in [2.05, 4.69) is 27.8 Å². The van der Waals surface area contributed by atoms with E-state index in [1.54, 1.807) is 0 Å². The highest BCUT2D eigenvalue weighted by Crippen LogP contribution is 2.39. The van der Waals surface area contributed by atoms with Gasteiger partial charge in [-0.1, -0.05) is 35.7 Å². The Hall–Kier alpha value is -0.0500. The molecule has 0 spiro atoms. The number of halogens is 1. The zero-order valence-corrected chi connectivity index (χ0v) is 11.1. The molecule has 2 rings (SSSR count). The first kappa shape index (κ1) is 11.4. The molecule has 2 aliphatic rings. The minimum atomic E-state index is -0.0376. The Balaban J connectivity index is 2.00. The molecule has 3 heteroatoms. The molecule has 0 aromatic heterocycles. The van der Waals surface area contributed by atoms with Crippen LogP contribution in [-0.4, -0.2) is 28.7 Å². The molecule has 1 unspecified atom stereocenters. The molecule has 1 heterocycles. The number of amides is 1. The lowest BCUT2D eigenvalue weighted by molar-refractivity contribution is -0.141. The van der Waals surface area contributed by atoms with Gasteiger partial charge in [-0.15, -0.1) is 0 Å². The van der Waals surface area contributed by atoms with E-state index in [9.17, 15) is 4.79 Å². The second-order valence-corrected chi connectivity index (χ2v) is 6.55. The number of nitrogens with zero attached hydrogens (tertiary/aromatic N) is 1. The van der Waals surface area contributed by atoms with Crippen molar-refractivity contribution in [3.05, 3.63) is 0 Å². The summed E-state index contributed by atoms with van der Waals surface area (Å²) < 4.78 is 0. The molecule has 15 heavy (non-hydrogen) atoms. The van der Waals surface area contributed by atoms with E-state index in [-0.39, 0.29) is 5.41 Å². The van der Waals surface area contributed by atoms with Gasteiger partial charge in [0.15, 0.2) is 0 Å². The van der Waals surface area contributed by atoms with Crippen LogP contribution in [0, 0.1) is 5.41 Å². The van der Waals surface area contributed by atoms with E-state index >= 15 is 0 Å². The minimum Gasteiger partial charge on any atom is -0.341 e. The average molecular weight is 274 g/mol. The van der Waals surface area contributed by atoms with Crippen molar-refractivity contribution in [1.29, 1.82) is 0 Å². The summed E-state index contributed by atoms with van der Waals surface area (Å²) in [7, 11) is 0. The molecule has 1 saturated heterocycles. The van der Waals surface area contributed by atoms with Gasteiger partial charge in [0.25, 0.3) is 0 Å². The predicted octanol–water partition coefficient (Wildman–Crippen LogP) is 2.95. The van der Waals surface area contributed by atoms with Gasteiger partial charge >= 0.3 is 0 Å². The summed E-state index contributed by atoms with van der Waals surface area (Å²) in [5, 5.41) is 0. The van der Waals surface area contributed by atoms with E-state index in [1.807, 2.05) is 0 Å². The average Bonchev–Trinajstić information content (AvgIpc) is 2.65. The first-order valence-electron chi connectivity index (χ1n) is 6.05. The molecule has 0 aromatic carbocycles. The number of hydrogen-bond acceptors (Lipinski definition) is 1. The molecule has 2 nitrogen and oxygen atoms in total. The van der Waals surface area contributed by atoms with Crippen LogP contribution in [0.2, 0.25) is 0 Å². The van der Waals surface area contributed by atoms with Gasteiger partial charge in [-0.2, -0.15) is 0 Å². The van der Waals surface area contributed by atoms with Crippen molar-refractivity contribution in [2.75, 3.05) is 13.1 Å². The van der Waals surface area contributed by atoms with Gasteiger partial charge in [-0.3, -0.25) is 4.79 Å². The number of likely N-dealkylation sites (tertiary alicyclic amines) is 1. The fourth-order valence-corrected chi connectivity index (χ4v) is 3.53. The summed E-state index contributed by atoms with van der Waals surface area (Å²) in [4.78, 5) is 15.0. The Morgan fingerprint density at radius 2 is 2.00 bits per heavy atom. The van der Waals surface area contributed by atoms with E-state index < -0.39 is 0 Å². The largest absolute Gasteiger partial charge is 0.341 e. The summed E-state index contributed by atoms with van der Waals surface area (Å²) in [5.74, 6) is 0.407. The molecule has 1 aliphatic heterocycles. The van der Waals surface area contributed by atoms with Crippen LogP contribution in [0.3, 0.4) is 0 Å². The fourth-order valence-electron chi connectivity index (χ4n) is 2.86. The van der Waals surface area contributed by atoms with Crippen molar-refractivity contribution in [2.24, 2.45) is 5.41 Å². The molecule has 1 amide bonds. The lowest BCUT2D eigenvalue weighted by Gasteiger charge is -2.36. The van der Waals surface area contributed by atoms with Gasteiger partial charge in [0, 0.05) is 23.3 Å². The molecule has 1 aliphatic carbocycles. The van der Waals surface area contributed by atoms with Crippen molar-refractivity contribution < 1.29 is 4.79 Å². The normalized spacial score (nSPS) is 30.5. The molecule has 2 fully saturated rings. The molecule has 0 radical (unpaired) electrons. The van der Waals surface area contributed by atoms with Crippen LogP contribution in [0.15, 0.2) is 0 Å². The lowest BCUT2D eigenvalue weighted by Crippen LogP contribution is -2.46. The second-order valence-electron chi connectivity index (χ2n) is 5.26. The molecule has 0 N–H and O–H groups in total. The third-order valence-electron chi connectivity index (χ3n) is 3.87. The smallest absolute Gasteiger partial charge is 0.228 e. The number of carbonyl (C=O) groups is 1. The molecule has 86 valence electrons. The molecule has 0 aromatic rings. The number of alkyl halides is 1. The van der Waals surface area contributed by atoms with Crippen LogP contribution >= 0.6 is 15.9 Å². The highest BCUT2D eigenvalue weighted by atomic mass is 79.9. The fraction of sp³-hybridized carbons (Fsp3) is 0.917. The summed E-state index contributed by atoms with van der Waals surface area (Å²) in [5.41, 5.74) is -0.0376. The summed E-state index contributed by atoms with van der Waals surface area (Å²) in [6.07, 6.45) is 7.00. The van der Waals surface area contributed by atoms with E-state index in [0.717, 1.165) is 32.4 Å². The SMILES string of the molecule is CC1(C(=O)N2CCCC(Br)C2)CCCC1. The van der Waals surface area contributed by atoms with Gasteiger partial charge < -0.3 is 4.90 Å². The molecular formula is C12H20BrNO. The Labute approximate surface area is 101 Å². The monoisotopic (exact) mass is 273 g/mol. The number of rotatable bonds is 1. The molecule has 0 bridgehead atoms. The first-order chi connectivity index (χ1) is 7.12. The number of piperidine rings is 1. The first-order valence-corrected chi connectivity index (χ1v) is 6.97. The van der Waals surface area contributed by atoms with Gasteiger partial charge in [-0.05, 0) is 25.7 Å². The lowest BCUT2D eigenvalue weighted by atomic mass is 9.86. The van der Waals surface area contributed by atoms with Gasteiger partial charge in [0.05, 0.1) is 0 Å². The third-order valence-corrected chi connectivity index (χ3v) is 4.62. The van der Waals surface area contributed by atoms with Crippen molar-refractivity contribution in [2.45, 2.75) is 50.3 Å². The van der Waals surface area contributed by atoms with Crippen LogP contribution < -0.4 is 0 Å². The zero-order valence-electron chi connectivity index (χ0n) is 9.47. The second kappa shape index (κ2) is 4.44. The Bertz CT molecular complexity index is 248. The van der Waals surface area contributed by atoms with Crippen molar-refractivity contribution in [3.63, 3.8) is 0 Å². The molecule has 1 atom stereocenters. The summed E-state index contributed by atoms with van der Waals surface area (Å²) in [6.45, 7) is 4.03. The maximum absolute atomic E-state index is 12.4. The van der Waals surface area contributed by atoms with Gasteiger partial charge in [-0.25, -0.2) is 0 Å². The maximum Gasteiger partial charge on any atom is 0.228 e. The number of hydrogen-bond donors (Lipinski definition) is 0. The summed E-state index contributed by atoms with van der Waals surface area (Å²) in [6, 6.07) is 0. The predicted molar refractivity (Wildman–Crippen MR) is 65.1 cm³/mol. The third kappa shape index (κ3) is 2.38. The quantitative estimate of drug-likeness (QED) is 0.673. The van der Waals surface area contributed by atoms with Crippen molar-refractivity contribution in [3.8, 4) is 0 Å². The zero-order chi connectivity index (χ0) is 10.9. The standard InChI is InChI=1S/C12H20BrNO/c1-12(6-2-3-7-12)11(15)14-8-4-5-10(13)9-14/h10H,2-9H2,1H3. The van der Waals surface area contributed by atoms with Crippen LogP contribution in [0.25, 0.3) is 0 Å². The van der Waals surface area contributed by atoms with Gasteiger partial charge in [0.1, 0.15) is 0 Å².